The highest BCUT2D eigenvalue weighted by Gasteiger charge is 2.14. The van der Waals surface area contributed by atoms with Gasteiger partial charge in [0.1, 0.15) is 12.3 Å². The standard InChI is InChI=1S/C20H21ClN2O5/c1-3-27-17-7-5-4-6-14(17)20(26)22-11-19(25)28-12-18(24)23-16-9-8-13(2)10-15(16)21/h4-10H,3,11-12H2,1-2H3,(H,22,26)(H,23,24). The molecule has 0 aliphatic carbocycles. The number of hydrogen-bond acceptors (Lipinski definition) is 5. The zero-order chi connectivity index (χ0) is 20.5. The van der Waals surface area contributed by atoms with Gasteiger partial charge < -0.3 is 20.1 Å². The average Bonchev–Trinajstić information content (AvgIpc) is 2.67. The monoisotopic (exact) mass is 404 g/mol. The van der Waals surface area contributed by atoms with Crippen LogP contribution in [-0.2, 0) is 14.3 Å². The summed E-state index contributed by atoms with van der Waals surface area (Å²) in [6.07, 6.45) is 0. The fraction of sp³-hybridized carbons (Fsp3) is 0.250. The molecule has 0 radical (unpaired) electrons. The molecule has 8 heteroatoms. The van der Waals surface area contributed by atoms with Crippen molar-refractivity contribution in [1.29, 1.82) is 0 Å². The lowest BCUT2D eigenvalue weighted by Gasteiger charge is -2.11. The minimum absolute atomic E-state index is 0.309. The van der Waals surface area contributed by atoms with E-state index in [1.807, 2.05) is 6.92 Å². The zero-order valence-corrected chi connectivity index (χ0v) is 16.3. The third-order valence-corrected chi connectivity index (χ3v) is 3.90. The Balaban J connectivity index is 1.79. The van der Waals surface area contributed by atoms with Gasteiger partial charge in [-0.2, -0.15) is 0 Å². The van der Waals surface area contributed by atoms with Gasteiger partial charge in [0.05, 0.1) is 22.9 Å². The van der Waals surface area contributed by atoms with Crippen LogP contribution < -0.4 is 15.4 Å². The number of halogens is 1. The van der Waals surface area contributed by atoms with Gasteiger partial charge in [0, 0.05) is 0 Å². The lowest BCUT2D eigenvalue weighted by molar-refractivity contribution is -0.146. The van der Waals surface area contributed by atoms with E-state index in [0.717, 1.165) is 5.56 Å². The summed E-state index contributed by atoms with van der Waals surface area (Å²) in [4.78, 5) is 35.9. The van der Waals surface area contributed by atoms with E-state index in [9.17, 15) is 14.4 Å². The summed E-state index contributed by atoms with van der Waals surface area (Å²) >= 11 is 6.03. The van der Waals surface area contributed by atoms with E-state index in [-0.39, 0.29) is 6.54 Å². The first-order valence-electron chi connectivity index (χ1n) is 8.62. The van der Waals surface area contributed by atoms with Gasteiger partial charge in [-0.3, -0.25) is 14.4 Å². The summed E-state index contributed by atoms with van der Waals surface area (Å²) in [5.74, 6) is -1.33. The maximum Gasteiger partial charge on any atom is 0.325 e. The maximum atomic E-state index is 12.2. The Bertz CT molecular complexity index is 869. The van der Waals surface area contributed by atoms with Crippen molar-refractivity contribution in [2.75, 3.05) is 25.1 Å². The Kier molecular flexibility index (Phi) is 7.83. The molecule has 0 heterocycles. The molecule has 2 aromatic rings. The first-order chi connectivity index (χ1) is 13.4. The molecule has 0 atom stereocenters. The van der Waals surface area contributed by atoms with Gasteiger partial charge in [-0.25, -0.2) is 0 Å². The van der Waals surface area contributed by atoms with Crippen LogP contribution in [0.2, 0.25) is 5.02 Å². The Morgan fingerprint density at radius 2 is 1.86 bits per heavy atom. The molecule has 0 unspecified atom stereocenters. The van der Waals surface area contributed by atoms with Crippen LogP contribution in [0.1, 0.15) is 22.8 Å². The zero-order valence-electron chi connectivity index (χ0n) is 15.6. The number of para-hydroxylation sites is 1. The molecule has 0 saturated heterocycles. The quantitative estimate of drug-likeness (QED) is 0.660. The molecule has 0 aliphatic heterocycles. The van der Waals surface area contributed by atoms with Gasteiger partial charge in [0.15, 0.2) is 6.61 Å². The molecule has 2 rings (SSSR count). The number of carbonyl (C=O) groups is 3. The summed E-state index contributed by atoms with van der Waals surface area (Å²) in [6.45, 7) is 3.22. The Morgan fingerprint density at radius 1 is 1.11 bits per heavy atom. The number of nitrogens with one attached hydrogen (secondary N) is 2. The number of benzene rings is 2. The van der Waals surface area contributed by atoms with E-state index in [1.54, 1.807) is 49.4 Å². The molecule has 0 spiro atoms. The number of amides is 2. The average molecular weight is 405 g/mol. The number of carbonyl (C=O) groups excluding carboxylic acids is 3. The van der Waals surface area contributed by atoms with E-state index < -0.39 is 24.4 Å². The number of ether oxygens (including phenoxy) is 2. The van der Waals surface area contributed by atoms with Gasteiger partial charge in [-0.05, 0) is 43.7 Å². The summed E-state index contributed by atoms with van der Waals surface area (Å²) in [7, 11) is 0. The minimum atomic E-state index is -0.743. The topological polar surface area (TPSA) is 93.7 Å². The Morgan fingerprint density at radius 3 is 2.57 bits per heavy atom. The maximum absolute atomic E-state index is 12.2. The summed E-state index contributed by atoms with van der Waals surface area (Å²) < 4.78 is 10.2. The molecule has 2 N–H and O–H groups in total. The second-order valence-electron chi connectivity index (χ2n) is 5.80. The molecule has 148 valence electrons. The van der Waals surface area contributed by atoms with Gasteiger partial charge >= 0.3 is 5.97 Å². The second kappa shape index (κ2) is 10.3. The molecule has 2 aromatic carbocycles. The molecule has 28 heavy (non-hydrogen) atoms. The number of rotatable bonds is 8. The van der Waals surface area contributed by atoms with E-state index in [4.69, 9.17) is 21.1 Å². The fourth-order valence-corrected chi connectivity index (χ4v) is 2.57. The van der Waals surface area contributed by atoms with Crippen LogP contribution in [0.4, 0.5) is 5.69 Å². The summed E-state index contributed by atoms with van der Waals surface area (Å²) in [5, 5.41) is 5.38. The van der Waals surface area contributed by atoms with Crippen molar-refractivity contribution in [3.05, 3.63) is 58.6 Å². The molecular formula is C20H21ClN2O5. The molecule has 0 aromatic heterocycles. The third kappa shape index (κ3) is 6.28. The molecule has 0 aliphatic rings. The van der Waals surface area contributed by atoms with Crippen LogP contribution >= 0.6 is 11.6 Å². The Hall–Kier alpha value is -3.06. The minimum Gasteiger partial charge on any atom is -0.493 e. The van der Waals surface area contributed by atoms with E-state index >= 15 is 0 Å². The van der Waals surface area contributed by atoms with Crippen LogP contribution in [0.15, 0.2) is 42.5 Å². The van der Waals surface area contributed by atoms with Gasteiger partial charge in [-0.15, -0.1) is 0 Å². The fourth-order valence-electron chi connectivity index (χ4n) is 2.29. The highest BCUT2D eigenvalue weighted by atomic mass is 35.5. The van der Waals surface area contributed by atoms with E-state index in [0.29, 0.717) is 28.6 Å². The number of anilines is 1. The highest BCUT2D eigenvalue weighted by molar-refractivity contribution is 6.33. The van der Waals surface area contributed by atoms with Crippen LogP contribution in [0.3, 0.4) is 0 Å². The van der Waals surface area contributed by atoms with Crippen LogP contribution in [0.5, 0.6) is 5.75 Å². The first kappa shape index (κ1) is 21.2. The van der Waals surface area contributed by atoms with Gasteiger partial charge in [0.2, 0.25) is 0 Å². The summed E-state index contributed by atoms with van der Waals surface area (Å²) in [6, 6.07) is 11.8. The van der Waals surface area contributed by atoms with Crippen LogP contribution in [0.25, 0.3) is 0 Å². The van der Waals surface area contributed by atoms with Gasteiger partial charge in [0.25, 0.3) is 11.8 Å². The number of esters is 1. The predicted molar refractivity (Wildman–Crippen MR) is 106 cm³/mol. The second-order valence-corrected chi connectivity index (χ2v) is 6.21. The lowest BCUT2D eigenvalue weighted by atomic mass is 10.2. The molecule has 0 bridgehead atoms. The van der Waals surface area contributed by atoms with Crippen molar-refractivity contribution in [1.82, 2.24) is 5.32 Å². The van der Waals surface area contributed by atoms with Crippen molar-refractivity contribution in [2.24, 2.45) is 0 Å². The van der Waals surface area contributed by atoms with Crippen molar-refractivity contribution in [2.45, 2.75) is 13.8 Å². The van der Waals surface area contributed by atoms with Crippen molar-refractivity contribution in [3.63, 3.8) is 0 Å². The van der Waals surface area contributed by atoms with Crippen molar-refractivity contribution < 1.29 is 23.9 Å². The normalized spacial score (nSPS) is 10.1. The first-order valence-corrected chi connectivity index (χ1v) is 9.00. The van der Waals surface area contributed by atoms with Crippen LogP contribution in [-0.4, -0.2) is 37.5 Å². The summed E-state index contributed by atoms with van der Waals surface area (Å²) in [5.41, 5.74) is 1.69. The third-order valence-electron chi connectivity index (χ3n) is 3.59. The molecule has 0 saturated carbocycles. The smallest absolute Gasteiger partial charge is 0.325 e. The number of aryl methyl sites for hydroxylation is 1. The SMILES string of the molecule is CCOc1ccccc1C(=O)NCC(=O)OCC(=O)Nc1ccc(C)cc1Cl. The van der Waals surface area contributed by atoms with E-state index in [2.05, 4.69) is 10.6 Å². The molecular weight excluding hydrogens is 384 g/mol. The van der Waals surface area contributed by atoms with Gasteiger partial charge in [-0.1, -0.05) is 29.8 Å². The van der Waals surface area contributed by atoms with Crippen molar-refractivity contribution in [3.8, 4) is 5.75 Å². The van der Waals surface area contributed by atoms with Crippen molar-refractivity contribution >= 4 is 35.1 Å². The molecule has 7 nitrogen and oxygen atoms in total. The predicted octanol–water partition coefficient (Wildman–Crippen LogP) is 2.96. The highest BCUT2D eigenvalue weighted by Crippen LogP contribution is 2.22. The number of hydrogen-bond donors (Lipinski definition) is 2. The van der Waals surface area contributed by atoms with E-state index in [1.165, 1.54) is 0 Å². The largest absolute Gasteiger partial charge is 0.493 e. The Labute approximate surface area is 168 Å². The molecule has 2 amide bonds. The molecule has 0 fully saturated rings. The van der Waals surface area contributed by atoms with Crippen LogP contribution in [0, 0.1) is 6.92 Å². The lowest BCUT2D eigenvalue weighted by Crippen LogP contribution is -2.32.